The van der Waals surface area contributed by atoms with Crippen molar-refractivity contribution in [2.45, 2.75) is 25.9 Å². The third kappa shape index (κ3) is 1.40. The number of fused-ring (bicyclic) bond motifs is 1. The smallest absolute Gasteiger partial charge is 0.0795 e. The number of benzene rings is 1. The van der Waals surface area contributed by atoms with Gasteiger partial charge in [-0.05, 0) is 36.5 Å². The topological polar surface area (TPSA) is 20.2 Å². The highest BCUT2D eigenvalue weighted by atomic mass is 16.3. The van der Waals surface area contributed by atoms with Crippen LogP contribution in [0.3, 0.4) is 0 Å². The fourth-order valence-corrected chi connectivity index (χ4v) is 2.00. The lowest BCUT2D eigenvalue weighted by atomic mass is 9.85. The Morgan fingerprint density at radius 2 is 2.15 bits per heavy atom. The van der Waals surface area contributed by atoms with Crippen molar-refractivity contribution in [2.24, 2.45) is 0 Å². The van der Waals surface area contributed by atoms with Crippen LogP contribution in [0, 0.1) is 0 Å². The van der Waals surface area contributed by atoms with Crippen LogP contribution in [0.5, 0.6) is 0 Å². The van der Waals surface area contributed by atoms with E-state index in [-0.39, 0.29) is 6.10 Å². The van der Waals surface area contributed by atoms with E-state index in [1.165, 1.54) is 11.1 Å². The molecule has 0 bridgehead atoms. The van der Waals surface area contributed by atoms with E-state index in [2.05, 4.69) is 18.2 Å². The van der Waals surface area contributed by atoms with Crippen molar-refractivity contribution in [2.75, 3.05) is 0 Å². The van der Waals surface area contributed by atoms with Gasteiger partial charge in [-0.2, -0.15) is 0 Å². The predicted molar refractivity (Wildman–Crippen MR) is 54.4 cm³/mol. The Bertz CT molecular complexity index is 339. The van der Waals surface area contributed by atoms with E-state index in [1.807, 2.05) is 19.1 Å². The summed E-state index contributed by atoms with van der Waals surface area (Å²) in [5.74, 6) is 0. The molecule has 1 aromatic rings. The van der Waals surface area contributed by atoms with E-state index < -0.39 is 0 Å². The predicted octanol–water partition coefficient (Wildman–Crippen LogP) is 2.40. The van der Waals surface area contributed by atoms with Gasteiger partial charge in [0, 0.05) is 0 Å². The van der Waals surface area contributed by atoms with E-state index in [4.69, 9.17) is 0 Å². The molecule has 1 unspecified atom stereocenters. The number of allylic oxidation sites excluding steroid dienone is 1. The highest BCUT2D eigenvalue weighted by molar-refractivity contribution is 5.72. The Balaban J connectivity index is 2.52. The fourth-order valence-electron chi connectivity index (χ4n) is 2.00. The summed E-state index contributed by atoms with van der Waals surface area (Å²) in [4.78, 5) is 0. The Hall–Kier alpha value is -1.08. The van der Waals surface area contributed by atoms with Crippen LogP contribution in [-0.2, 0) is 6.42 Å². The standard InChI is InChI=1S/C12H14O/c1-2-10-11-6-4-3-5-9(11)7-8-12(10)13/h2-6,12-13H,7-8H2,1H3/b10-2-. The molecule has 0 saturated carbocycles. The first kappa shape index (κ1) is 8.52. The molecule has 1 aliphatic carbocycles. The normalized spacial score (nSPS) is 24.5. The van der Waals surface area contributed by atoms with Gasteiger partial charge < -0.3 is 5.11 Å². The summed E-state index contributed by atoms with van der Waals surface area (Å²) in [5, 5.41) is 9.75. The van der Waals surface area contributed by atoms with Crippen LogP contribution in [0.15, 0.2) is 30.3 Å². The van der Waals surface area contributed by atoms with Crippen molar-refractivity contribution in [3.8, 4) is 0 Å². The van der Waals surface area contributed by atoms with Gasteiger partial charge in [0.2, 0.25) is 0 Å². The average Bonchev–Trinajstić information content (AvgIpc) is 2.18. The molecular formula is C12H14O. The van der Waals surface area contributed by atoms with Gasteiger partial charge in [0.25, 0.3) is 0 Å². The summed E-state index contributed by atoms with van der Waals surface area (Å²) in [5.41, 5.74) is 3.67. The Morgan fingerprint density at radius 1 is 1.38 bits per heavy atom. The number of aryl methyl sites for hydroxylation is 1. The molecule has 0 saturated heterocycles. The van der Waals surface area contributed by atoms with E-state index in [1.54, 1.807) is 0 Å². The molecule has 0 fully saturated rings. The molecule has 2 rings (SSSR count). The van der Waals surface area contributed by atoms with Crippen LogP contribution in [0.4, 0.5) is 0 Å². The van der Waals surface area contributed by atoms with Gasteiger partial charge in [0.15, 0.2) is 0 Å². The van der Waals surface area contributed by atoms with Gasteiger partial charge in [-0.3, -0.25) is 0 Å². The monoisotopic (exact) mass is 174 g/mol. The number of hydrogen-bond acceptors (Lipinski definition) is 1. The second-order valence-corrected chi connectivity index (χ2v) is 3.46. The van der Waals surface area contributed by atoms with Gasteiger partial charge >= 0.3 is 0 Å². The van der Waals surface area contributed by atoms with Gasteiger partial charge in [0.05, 0.1) is 6.10 Å². The molecule has 0 heterocycles. The summed E-state index contributed by atoms with van der Waals surface area (Å²) < 4.78 is 0. The van der Waals surface area contributed by atoms with Crippen LogP contribution < -0.4 is 0 Å². The summed E-state index contributed by atoms with van der Waals surface area (Å²) >= 11 is 0. The maximum absolute atomic E-state index is 9.75. The molecule has 1 heteroatoms. The quantitative estimate of drug-likeness (QED) is 0.640. The molecule has 1 aliphatic rings. The third-order valence-electron chi connectivity index (χ3n) is 2.69. The maximum Gasteiger partial charge on any atom is 0.0795 e. The van der Waals surface area contributed by atoms with Crippen molar-refractivity contribution < 1.29 is 5.11 Å². The lowest BCUT2D eigenvalue weighted by Crippen LogP contribution is -2.17. The van der Waals surface area contributed by atoms with E-state index in [0.717, 1.165) is 18.4 Å². The SMILES string of the molecule is C/C=C1/c2ccccc2CCC1O. The number of rotatable bonds is 0. The summed E-state index contributed by atoms with van der Waals surface area (Å²) in [7, 11) is 0. The molecule has 1 nitrogen and oxygen atoms in total. The van der Waals surface area contributed by atoms with Crippen LogP contribution in [0.1, 0.15) is 24.5 Å². The fraction of sp³-hybridized carbons (Fsp3) is 0.333. The molecule has 1 atom stereocenters. The zero-order valence-corrected chi connectivity index (χ0v) is 7.83. The minimum atomic E-state index is -0.264. The minimum absolute atomic E-state index is 0.264. The molecule has 0 aromatic heterocycles. The zero-order valence-electron chi connectivity index (χ0n) is 7.83. The van der Waals surface area contributed by atoms with Crippen molar-refractivity contribution in [3.05, 3.63) is 41.5 Å². The largest absolute Gasteiger partial charge is 0.388 e. The summed E-state index contributed by atoms with van der Waals surface area (Å²) in [6.45, 7) is 1.99. The maximum atomic E-state index is 9.75. The Morgan fingerprint density at radius 3 is 2.92 bits per heavy atom. The molecule has 0 aliphatic heterocycles. The molecular weight excluding hydrogens is 160 g/mol. The average molecular weight is 174 g/mol. The van der Waals surface area contributed by atoms with E-state index in [9.17, 15) is 5.11 Å². The lowest BCUT2D eigenvalue weighted by Gasteiger charge is -2.23. The first-order chi connectivity index (χ1) is 6.33. The summed E-state index contributed by atoms with van der Waals surface area (Å²) in [6, 6.07) is 8.32. The molecule has 0 spiro atoms. The van der Waals surface area contributed by atoms with Crippen LogP contribution >= 0.6 is 0 Å². The van der Waals surface area contributed by atoms with Crippen LogP contribution in [-0.4, -0.2) is 11.2 Å². The Labute approximate surface area is 78.7 Å². The molecule has 13 heavy (non-hydrogen) atoms. The van der Waals surface area contributed by atoms with Crippen molar-refractivity contribution in [3.63, 3.8) is 0 Å². The number of aliphatic hydroxyl groups excluding tert-OH is 1. The second kappa shape index (κ2) is 3.35. The Kier molecular flexibility index (Phi) is 2.19. The number of aliphatic hydroxyl groups is 1. The molecule has 1 aromatic carbocycles. The molecule has 68 valence electrons. The highest BCUT2D eigenvalue weighted by Crippen LogP contribution is 2.30. The third-order valence-corrected chi connectivity index (χ3v) is 2.69. The second-order valence-electron chi connectivity index (χ2n) is 3.46. The first-order valence-corrected chi connectivity index (χ1v) is 4.75. The lowest BCUT2D eigenvalue weighted by molar-refractivity contribution is 0.218. The van der Waals surface area contributed by atoms with Crippen LogP contribution in [0.2, 0.25) is 0 Å². The molecule has 0 radical (unpaired) electrons. The first-order valence-electron chi connectivity index (χ1n) is 4.75. The van der Waals surface area contributed by atoms with Gasteiger partial charge in [-0.25, -0.2) is 0 Å². The van der Waals surface area contributed by atoms with E-state index >= 15 is 0 Å². The van der Waals surface area contributed by atoms with Crippen LogP contribution in [0.25, 0.3) is 5.57 Å². The van der Waals surface area contributed by atoms with Gasteiger partial charge in [-0.1, -0.05) is 30.3 Å². The van der Waals surface area contributed by atoms with Crippen molar-refractivity contribution in [1.82, 2.24) is 0 Å². The minimum Gasteiger partial charge on any atom is -0.388 e. The summed E-state index contributed by atoms with van der Waals surface area (Å²) in [6.07, 6.45) is 3.61. The zero-order chi connectivity index (χ0) is 9.26. The van der Waals surface area contributed by atoms with Gasteiger partial charge in [0.1, 0.15) is 0 Å². The van der Waals surface area contributed by atoms with Crippen molar-refractivity contribution in [1.29, 1.82) is 0 Å². The highest BCUT2D eigenvalue weighted by Gasteiger charge is 2.20. The van der Waals surface area contributed by atoms with Crippen molar-refractivity contribution >= 4 is 5.57 Å². The number of hydrogen-bond donors (Lipinski definition) is 1. The van der Waals surface area contributed by atoms with Gasteiger partial charge in [-0.15, -0.1) is 0 Å². The molecule has 0 amide bonds. The molecule has 1 N–H and O–H groups in total. The van der Waals surface area contributed by atoms with E-state index in [0.29, 0.717) is 0 Å².